The zero-order valence-corrected chi connectivity index (χ0v) is 14.9. The third kappa shape index (κ3) is 3.92. The molecule has 0 saturated heterocycles. The van der Waals surface area contributed by atoms with Gasteiger partial charge in [0.05, 0.1) is 17.7 Å². The fourth-order valence-electron chi connectivity index (χ4n) is 2.29. The van der Waals surface area contributed by atoms with Crippen molar-refractivity contribution in [3.8, 4) is 22.9 Å². The van der Waals surface area contributed by atoms with Crippen molar-refractivity contribution in [3.63, 3.8) is 0 Å². The Labute approximate surface area is 155 Å². The number of methoxy groups -OCH3 is 1. The highest BCUT2D eigenvalue weighted by molar-refractivity contribution is 6.33. The molecule has 0 fully saturated rings. The van der Waals surface area contributed by atoms with E-state index in [4.69, 9.17) is 16.3 Å². The highest BCUT2D eigenvalue weighted by Gasteiger charge is 2.12. The number of nitrogens with one attached hydrogen (secondary N) is 1. The van der Waals surface area contributed by atoms with E-state index in [1.807, 2.05) is 31.3 Å². The monoisotopic (exact) mass is 369 g/mol. The maximum Gasteiger partial charge on any atom is 0.339 e. The van der Waals surface area contributed by atoms with Crippen LogP contribution in [0.2, 0.25) is 5.02 Å². The first-order valence-electron chi connectivity index (χ1n) is 7.76. The highest BCUT2D eigenvalue weighted by Crippen LogP contribution is 2.26. The van der Waals surface area contributed by atoms with Gasteiger partial charge in [0.1, 0.15) is 5.75 Å². The summed E-state index contributed by atoms with van der Waals surface area (Å²) in [6.07, 6.45) is 3.36. The van der Waals surface area contributed by atoms with Gasteiger partial charge < -0.3 is 14.8 Å². The lowest BCUT2D eigenvalue weighted by Gasteiger charge is -2.07. The number of halogens is 1. The second-order valence-electron chi connectivity index (χ2n) is 5.32. The second kappa shape index (κ2) is 7.84. The van der Waals surface area contributed by atoms with Crippen molar-refractivity contribution < 1.29 is 14.3 Å². The van der Waals surface area contributed by atoms with E-state index in [0.717, 1.165) is 16.8 Å². The van der Waals surface area contributed by atoms with Crippen LogP contribution in [0.3, 0.4) is 0 Å². The fraction of sp³-hybridized carbons (Fsp3) is 0.105. The predicted octanol–water partition coefficient (Wildman–Crippen LogP) is 4.42. The van der Waals surface area contributed by atoms with Crippen molar-refractivity contribution in [2.75, 3.05) is 19.5 Å². The van der Waals surface area contributed by atoms with Crippen molar-refractivity contribution in [1.29, 1.82) is 0 Å². The van der Waals surface area contributed by atoms with E-state index in [2.05, 4.69) is 20.0 Å². The van der Waals surface area contributed by atoms with Crippen LogP contribution in [0.4, 0.5) is 5.69 Å². The summed E-state index contributed by atoms with van der Waals surface area (Å²) in [6.45, 7) is 0. The number of aromatic nitrogens is 2. The molecule has 0 radical (unpaired) electrons. The van der Waals surface area contributed by atoms with E-state index in [-0.39, 0.29) is 16.6 Å². The maximum absolute atomic E-state index is 11.5. The molecule has 7 heteroatoms. The number of carbonyl (C=O) groups excluding carboxylic acids is 1. The van der Waals surface area contributed by atoms with Crippen LogP contribution < -0.4 is 10.1 Å². The molecule has 0 aliphatic carbocycles. The van der Waals surface area contributed by atoms with Gasteiger partial charge in [-0.05, 0) is 29.8 Å². The van der Waals surface area contributed by atoms with E-state index < -0.39 is 5.97 Å². The van der Waals surface area contributed by atoms with Gasteiger partial charge in [-0.15, -0.1) is 0 Å². The standard InChI is InChI=1S/C19H16ClN3O3/c1-21-14-5-3-12(4-6-14)13-10-22-19(23-11-13)26-15-7-8-16(17(20)9-15)18(24)25-2/h3-11,21H,1-2H3. The van der Waals surface area contributed by atoms with Crippen LogP contribution in [-0.4, -0.2) is 30.1 Å². The molecule has 3 rings (SSSR count). The van der Waals surface area contributed by atoms with Gasteiger partial charge in [-0.2, -0.15) is 0 Å². The van der Waals surface area contributed by atoms with Crippen molar-refractivity contribution in [1.82, 2.24) is 9.97 Å². The average Bonchev–Trinajstić information content (AvgIpc) is 2.68. The lowest BCUT2D eigenvalue weighted by Crippen LogP contribution is -2.02. The minimum atomic E-state index is -0.508. The van der Waals surface area contributed by atoms with Gasteiger partial charge in [-0.1, -0.05) is 23.7 Å². The molecule has 1 N–H and O–H groups in total. The summed E-state index contributed by atoms with van der Waals surface area (Å²) in [5.74, 6) is -0.0831. The van der Waals surface area contributed by atoms with Gasteiger partial charge in [-0.3, -0.25) is 0 Å². The summed E-state index contributed by atoms with van der Waals surface area (Å²) >= 11 is 6.07. The van der Waals surface area contributed by atoms with Crippen LogP contribution in [0.15, 0.2) is 54.9 Å². The zero-order valence-electron chi connectivity index (χ0n) is 14.2. The third-order valence-electron chi connectivity index (χ3n) is 3.69. The van der Waals surface area contributed by atoms with Crippen LogP contribution in [-0.2, 0) is 4.74 Å². The molecule has 0 spiro atoms. The van der Waals surface area contributed by atoms with E-state index in [1.54, 1.807) is 18.5 Å². The molecule has 132 valence electrons. The van der Waals surface area contributed by atoms with E-state index in [1.165, 1.54) is 19.2 Å². The Kier molecular flexibility index (Phi) is 5.34. The Morgan fingerprint density at radius 3 is 2.31 bits per heavy atom. The van der Waals surface area contributed by atoms with Crippen LogP contribution in [0, 0.1) is 0 Å². The summed E-state index contributed by atoms with van der Waals surface area (Å²) in [6, 6.07) is 12.7. The minimum Gasteiger partial charge on any atom is -0.465 e. The lowest BCUT2D eigenvalue weighted by atomic mass is 10.1. The number of rotatable bonds is 5. The van der Waals surface area contributed by atoms with Crippen molar-refractivity contribution in [2.45, 2.75) is 0 Å². The van der Waals surface area contributed by atoms with Gasteiger partial charge in [0.2, 0.25) is 0 Å². The van der Waals surface area contributed by atoms with Crippen LogP contribution in [0.25, 0.3) is 11.1 Å². The number of hydrogen-bond acceptors (Lipinski definition) is 6. The molecule has 26 heavy (non-hydrogen) atoms. The molecular formula is C19H16ClN3O3. The number of esters is 1. The molecule has 0 unspecified atom stereocenters. The van der Waals surface area contributed by atoms with Crippen molar-refractivity contribution >= 4 is 23.3 Å². The van der Waals surface area contributed by atoms with Crippen LogP contribution in [0.5, 0.6) is 11.8 Å². The Balaban J connectivity index is 1.74. The normalized spacial score (nSPS) is 10.3. The first kappa shape index (κ1) is 17.7. The molecule has 1 aromatic heterocycles. The van der Waals surface area contributed by atoms with E-state index in [9.17, 15) is 4.79 Å². The van der Waals surface area contributed by atoms with Gasteiger partial charge >= 0.3 is 12.0 Å². The van der Waals surface area contributed by atoms with Gasteiger partial charge in [-0.25, -0.2) is 14.8 Å². The molecular weight excluding hydrogens is 354 g/mol. The topological polar surface area (TPSA) is 73.3 Å². The summed E-state index contributed by atoms with van der Waals surface area (Å²) in [4.78, 5) is 20.0. The zero-order chi connectivity index (χ0) is 18.5. The molecule has 0 bridgehead atoms. The molecule has 0 aliphatic heterocycles. The smallest absolute Gasteiger partial charge is 0.339 e. The molecule has 0 amide bonds. The molecule has 2 aromatic carbocycles. The Hall–Kier alpha value is -3.12. The third-order valence-corrected chi connectivity index (χ3v) is 4.00. The maximum atomic E-state index is 11.5. The summed E-state index contributed by atoms with van der Waals surface area (Å²) in [7, 11) is 3.17. The minimum absolute atomic E-state index is 0.183. The molecule has 6 nitrogen and oxygen atoms in total. The highest BCUT2D eigenvalue weighted by atomic mass is 35.5. The quantitative estimate of drug-likeness (QED) is 0.671. The summed E-state index contributed by atoms with van der Waals surface area (Å²) < 4.78 is 10.2. The molecule has 3 aromatic rings. The average molecular weight is 370 g/mol. The second-order valence-corrected chi connectivity index (χ2v) is 5.72. The van der Waals surface area contributed by atoms with Gasteiger partial charge in [0.15, 0.2) is 0 Å². The fourth-order valence-corrected chi connectivity index (χ4v) is 2.54. The summed E-state index contributed by atoms with van der Waals surface area (Å²) in [5.41, 5.74) is 3.17. The molecule has 0 atom stereocenters. The van der Waals surface area contributed by atoms with Crippen LogP contribution in [0.1, 0.15) is 10.4 Å². The van der Waals surface area contributed by atoms with E-state index in [0.29, 0.717) is 5.75 Å². The lowest BCUT2D eigenvalue weighted by molar-refractivity contribution is 0.0601. The summed E-state index contributed by atoms with van der Waals surface area (Å²) in [5, 5.41) is 3.30. The van der Waals surface area contributed by atoms with E-state index >= 15 is 0 Å². The number of hydrogen-bond donors (Lipinski definition) is 1. The predicted molar refractivity (Wildman–Crippen MR) is 99.9 cm³/mol. The number of nitrogens with zero attached hydrogens (tertiary/aromatic N) is 2. The Morgan fingerprint density at radius 1 is 1.04 bits per heavy atom. The molecule has 1 heterocycles. The SMILES string of the molecule is CNc1ccc(-c2cnc(Oc3ccc(C(=O)OC)c(Cl)c3)nc2)cc1. The largest absolute Gasteiger partial charge is 0.465 e. The van der Waals surface area contributed by atoms with Gasteiger partial charge in [0, 0.05) is 36.8 Å². The number of ether oxygens (including phenoxy) is 2. The first-order chi connectivity index (χ1) is 12.6. The Bertz CT molecular complexity index is 912. The number of anilines is 1. The first-order valence-corrected chi connectivity index (χ1v) is 8.14. The number of benzene rings is 2. The Morgan fingerprint density at radius 2 is 1.73 bits per heavy atom. The number of carbonyl (C=O) groups is 1. The van der Waals surface area contributed by atoms with Crippen molar-refractivity contribution in [3.05, 3.63) is 65.4 Å². The van der Waals surface area contributed by atoms with Gasteiger partial charge in [0.25, 0.3) is 0 Å². The molecule has 0 saturated carbocycles. The molecule has 0 aliphatic rings. The van der Waals surface area contributed by atoms with Crippen molar-refractivity contribution in [2.24, 2.45) is 0 Å². The van der Waals surface area contributed by atoms with Crippen LogP contribution >= 0.6 is 11.6 Å².